The van der Waals surface area contributed by atoms with Crippen LogP contribution >= 0.6 is 0 Å². The molecule has 2 aromatic carbocycles. The number of hydrogen-bond donors (Lipinski definition) is 0. The maximum atomic E-state index is 13.1. The molecule has 25 heavy (non-hydrogen) atoms. The van der Waals surface area contributed by atoms with E-state index in [9.17, 15) is 13.2 Å². The molecule has 132 valence electrons. The van der Waals surface area contributed by atoms with Gasteiger partial charge in [0.15, 0.2) is 9.84 Å². The second kappa shape index (κ2) is 6.52. The van der Waals surface area contributed by atoms with Gasteiger partial charge in [-0.2, -0.15) is 0 Å². The van der Waals surface area contributed by atoms with Crippen LogP contribution in [0.2, 0.25) is 0 Å². The minimum absolute atomic E-state index is 0.111. The van der Waals surface area contributed by atoms with E-state index in [1.54, 1.807) is 11.0 Å². The highest BCUT2D eigenvalue weighted by atomic mass is 32.2. The SMILES string of the molecule is CC(C)Oc1ccc(S(C)(=O)=O)cc1C(=O)N1CCc2ccccc21. The number of carbonyl (C=O) groups excluding carboxylic acids is 1. The summed E-state index contributed by atoms with van der Waals surface area (Å²) in [6, 6.07) is 12.2. The fourth-order valence-corrected chi connectivity index (χ4v) is 3.61. The summed E-state index contributed by atoms with van der Waals surface area (Å²) in [5.74, 6) is 0.155. The summed E-state index contributed by atoms with van der Waals surface area (Å²) in [5.41, 5.74) is 2.25. The molecule has 0 radical (unpaired) electrons. The van der Waals surface area contributed by atoms with Gasteiger partial charge in [0.1, 0.15) is 5.75 Å². The van der Waals surface area contributed by atoms with Crippen LogP contribution in [0.5, 0.6) is 5.75 Å². The van der Waals surface area contributed by atoms with E-state index in [0.29, 0.717) is 12.3 Å². The number of anilines is 1. The molecule has 1 aliphatic heterocycles. The van der Waals surface area contributed by atoms with Crippen LogP contribution in [0.25, 0.3) is 0 Å². The minimum atomic E-state index is -3.41. The molecule has 0 saturated carbocycles. The van der Waals surface area contributed by atoms with Crippen molar-refractivity contribution >= 4 is 21.4 Å². The number of fused-ring (bicyclic) bond motifs is 1. The molecule has 0 N–H and O–H groups in total. The maximum Gasteiger partial charge on any atom is 0.262 e. The molecule has 0 spiro atoms. The number of ether oxygens (including phenoxy) is 1. The molecule has 1 heterocycles. The lowest BCUT2D eigenvalue weighted by atomic mass is 10.1. The zero-order valence-corrected chi connectivity index (χ0v) is 15.3. The molecule has 1 aliphatic rings. The molecule has 3 rings (SSSR count). The molecule has 0 aliphatic carbocycles. The van der Waals surface area contributed by atoms with E-state index >= 15 is 0 Å². The summed E-state index contributed by atoms with van der Waals surface area (Å²) in [6.45, 7) is 4.30. The largest absolute Gasteiger partial charge is 0.490 e. The molecule has 0 unspecified atom stereocenters. The van der Waals surface area contributed by atoms with E-state index in [-0.39, 0.29) is 22.5 Å². The van der Waals surface area contributed by atoms with Gasteiger partial charge in [-0.15, -0.1) is 0 Å². The second-order valence-electron chi connectivity index (χ2n) is 6.43. The van der Waals surface area contributed by atoms with Gasteiger partial charge in [-0.3, -0.25) is 4.79 Å². The Morgan fingerprint density at radius 2 is 1.88 bits per heavy atom. The lowest BCUT2D eigenvalue weighted by molar-refractivity contribution is 0.0983. The highest BCUT2D eigenvalue weighted by Gasteiger charge is 2.28. The summed E-state index contributed by atoms with van der Waals surface area (Å²) in [6.07, 6.45) is 1.79. The first-order chi connectivity index (χ1) is 11.8. The lowest BCUT2D eigenvalue weighted by Gasteiger charge is -2.21. The number of para-hydroxylation sites is 1. The van der Waals surface area contributed by atoms with Crippen LogP contribution in [0.1, 0.15) is 29.8 Å². The fraction of sp³-hybridized carbons (Fsp3) is 0.316. The standard InChI is InChI=1S/C19H21NO4S/c1-13(2)24-18-9-8-15(25(3,22)23)12-16(18)19(21)20-11-10-14-6-4-5-7-17(14)20/h4-9,12-13H,10-11H2,1-3H3. The van der Waals surface area contributed by atoms with Crippen molar-refractivity contribution in [1.29, 1.82) is 0 Å². The Hall–Kier alpha value is -2.34. The zero-order chi connectivity index (χ0) is 18.2. The van der Waals surface area contributed by atoms with Crippen molar-refractivity contribution in [2.24, 2.45) is 0 Å². The van der Waals surface area contributed by atoms with Gasteiger partial charge in [-0.05, 0) is 50.1 Å². The van der Waals surface area contributed by atoms with E-state index in [4.69, 9.17) is 4.74 Å². The van der Waals surface area contributed by atoms with Crippen molar-refractivity contribution in [2.45, 2.75) is 31.3 Å². The van der Waals surface area contributed by atoms with Crippen molar-refractivity contribution in [3.63, 3.8) is 0 Å². The number of nitrogens with zero attached hydrogens (tertiary/aromatic N) is 1. The third-order valence-corrected chi connectivity index (χ3v) is 5.21. The van der Waals surface area contributed by atoms with Crippen molar-refractivity contribution in [3.8, 4) is 5.75 Å². The van der Waals surface area contributed by atoms with Crippen LogP contribution in [0.4, 0.5) is 5.69 Å². The van der Waals surface area contributed by atoms with Gasteiger partial charge in [-0.1, -0.05) is 18.2 Å². The lowest BCUT2D eigenvalue weighted by Crippen LogP contribution is -2.29. The average Bonchev–Trinajstić information content (AvgIpc) is 2.97. The Morgan fingerprint density at radius 3 is 2.56 bits per heavy atom. The van der Waals surface area contributed by atoms with Crippen LogP contribution in [-0.4, -0.2) is 33.2 Å². The summed E-state index contributed by atoms with van der Waals surface area (Å²) >= 11 is 0. The third-order valence-electron chi connectivity index (χ3n) is 4.10. The highest BCUT2D eigenvalue weighted by molar-refractivity contribution is 7.90. The maximum absolute atomic E-state index is 13.1. The minimum Gasteiger partial charge on any atom is -0.490 e. The van der Waals surface area contributed by atoms with Crippen LogP contribution < -0.4 is 9.64 Å². The number of carbonyl (C=O) groups is 1. The van der Waals surface area contributed by atoms with E-state index in [1.165, 1.54) is 12.1 Å². The van der Waals surface area contributed by atoms with Crippen LogP contribution in [-0.2, 0) is 16.3 Å². The number of rotatable bonds is 4. The van der Waals surface area contributed by atoms with Crippen LogP contribution in [0, 0.1) is 0 Å². The second-order valence-corrected chi connectivity index (χ2v) is 8.45. The Morgan fingerprint density at radius 1 is 1.16 bits per heavy atom. The summed E-state index contributed by atoms with van der Waals surface area (Å²) < 4.78 is 29.5. The molecule has 0 atom stereocenters. The van der Waals surface area contributed by atoms with E-state index in [0.717, 1.165) is 23.9 Å². The topological polar surface area (TPSA) is 63.7 Å². The van der Waals surface area contributed by atoms with Crippen molar-refractivity contribution in [1.82, 2.24) is 0 Å². The normalized spacial score (nSPS) is 13.8. The molecule has 0 fully saturated rings. The molecule has 2 aromatic rings. The van der Waals surface area contributed by atoms with E-state index in [2.05, 4.69) is 0 Å². The average molecular weight is 359 g/mol. The molecule has 0 aromatic heterocycles. The number of benzene rings is 2. The predicted molar refractivity (Wildman–Crippen MR) is 97.1 cm³/mol. The molecule has 0 bridgehead atoms. The summed E-state index contributed by atoms with van der Waals surface area (Å²) in [4.78, 5) is 14.9. The molecule has 5 nitrogen and oxygen atoms in total. The van der Waals surface area contributed by atoms with Gasteiger partial charge >= 0.3 is 0 Å². The molecular formula is C19H21NO4S. The predicted octanol–water partition coefficient (Wildman–Crippen LogP) is 3.08. The highest BCUT2D eigenvalue weighted by Crippen LogP contribution is 2.32. The number of amides is 1. The van der Waals surface area contributed by atoms with Gasteiger partial charge in [0.2, 0.25) is 0 Å². The Balaban J connectivity index is 2.06. The van der Waals surface area contributed by atoms with Crippen LogP contribution in [0.15, 0.2) is 47.4 Å². The fourth-order valence-electron chi connectivity index (χ4n) is 2.96. The third kappa shape index (κ3) is 3.54. The quantitative estimate of drug-likeness (QED) is 0.842. The van der Waals surface area contributed by atoms with E-state index in [1.807, 2.05) is 38.1 Å². The molecule has 6 heteroatoms. The molecule has 0 saturated heterocycles. The summed E-state index contributed by atoms with van der Waals surface area (Å²) in [7, 11) is -3.41. The van der Waals surface area contributed by atoms with Gasteiger partial charge in [0.05, 0.1) is 16.6 Å². The number of hydrogen-bond acceptors (Lipinski definition) is 4. The molecule has 1 amide bonds. The zero-order valence-electron chi connectivity index (χ0n) is 14.5. The van der Waals surface area contributed by atoms with E-state index < -0.39 is 9.84 Å². The van der Waals surface area contributed by atoms with Crippen molar-refractivity contribution in [3.05, 3.63) is 53.6 Å². The first-order valence-corrected chi connectivity index (χ1v) is 10.1. The monoisotopic (exact) mass is 359 g/mol. The van der Waals surface area contributed by atoms with Crippen molar-refractivity contribution < 1.29 is 17.9 Å². The smallest absolute Gasteiger partial charge is 0.262 e. The van der Waals surface area contributed by atoms with Crippen LogP contribution in [0.3, 0.4) is 0 Å². The van der Waals surface area contributed by atoms with Gasteiger partial charge in [-0.25, -0.2) is 8.42 Å². The van der Waals surface area contributed by atoms with Gasteiger partial charge in [0, 0.05) is 18.5 Å². The first kappa shape index (κ1) is 17.5. The first-order valence-electron chi connectivity index (χ1n) is 8.18. The summed E-state index contributed by atoms with van der Waals surface area (Å²) in [5, 5.41) is 0. The molecular weight excluding hydrogens is 338 g/mol. The Labute approximate surface area is 148 Å². The number of sulfone groups is 1. The Bertz CT molecular complexity index is 919. The van der Waals surface area contributed by atoms with Crippen molar-refractivity contribution in [2.75, 3.05) is 17.7 Å². The van der Waals surface area contributed by atoms with Gasteiger partial charge in [0.25, 0.3) is 5.91 Å². The van der Waals surface area contributed by atoms with Gasteiger partial charge < -0.3 is 9.64 Å². The Kier molecular flexibility index (Phi) is 4.56.